The molecule has 0 spiro atoms. The highest BCUT2D eigenvalue weighted by atomic mass is 13.9. The van der Waals surface area contributed by atoms with Gasteiger partial charge in [-0.2, -0.15) is 0 Å². The Bertz CT molecular complexity index is 358. The molecule has 0 unspecified atom stereocenters. The van der Waals surface area contributed by atoms with Gasteiger partial charge in [-0.15, -0.1) is 0 Å². The molecule has 11 heavy (non-hydrogen) atoms. The first-order chi connectivity index (χ1) is 5.24. The zero-order chi connectivity index (χ0) is 8.27. The van der Waals surface area contributed by atoms with Crippen molar-refractivity contribution in [1.29, 1.82) is 0 Å². The molecule has 0 nitrogen and oxygen atoms in total. The summed E-state index contributed by atoms with van der Waals surface area (Å²) in [7, 11) is 0. The Kier molecular flexibility index (Phi) is 2.27. The van der Waals surface area contributed by atoms with Gasteiger partial charge in [0.15, 0.2) is 0 Å². The van der Waals surface area contributed by atoms with E-state index < -0.39 is 0 Å². The summed E-state index contributed by atoms with van der Waals surface area (Å²) in [5.74, 6) is 0. The van der Waals surface area contributed by atoms with Crippen molar-refractivity contribution in [3.63, 3.8) is 0 Å². The standard InChI is InChI=1S/C11H12/c1-4-5-11-8-9(2)6-7-10(11)3/h4-8H,1,3H2,2H3/b11-5-. The average Bonchev–Trinajstić information content (AvgIpc) is 1.98. The molecule has 0 N–H and O–H groups in total. The summed E-state index contributed by atoms with van der Waals surface area (Å²) in [6.45, 7) is 9.61. The average molecular weight is 144 g/mol. The van der Waals surface area contributed by atoms with E-state index in [9.17, 15) is 0 Å². The highest BCUT2D eigenvalue weighted by Crippen LogP contribution is 1.85. The lowest BCUT2D eigenvalue weighted by molar-refractivity contribution is 1.41. The third kappa shape index (κ3) is 1.81. The Morgan fingerprint density at radius 1 is 1.36 bits per heavy atom. The molecule has 0 saturated carbocycles. The normalized spacial score (nSPS) is 11.5. The zero-order valence-corrected chi connectivity index (χ0v) is 6.80. The van der Waals surface area contributed by atoms with Crippen molar-refractivity contribution in [2.24, 2.45) is 0 Å². The molecule has 0 aliphatic rings. The molecule has 1 rings (SSSR count). The second-order valence-electron chi connectivity index (χ2n) is 2.60. The number of hydrogen-bond acceptors (Lipinski definition) is 0. The van der Waals surface area contributed by atoms with Crippen LogP contribution in [0.5, 0.6) is 0 Å². The van der Waals surface area contributed by atoms with Crippen molar-refractivity contribution >= 4 is 12.7 Å². The van der Waals surface area contributed by atoms with Gasteiger partial charge in [0.2, 0.25) is 0 Å². The summed E-state index contributed by atoms with van der Waals surface area (Å²) in [5.41, 5.74) is 1.26. The number of allylic oxidation sites excluding steroid dienone is 1. The highest BCUT2D eigenvalue weighted by molar-refractivity contribution is 5.37. The van der Waals surface area contributed by atoms with Gasteiger partial charge in [-0.05, 0) is 17.4 Å². The van der Waals surface area contributed by atoms with E-state index in [4.69, 9.17) is 0 Å². The third-order valence-corrected chi connectivity index (χ3v) is 1.60. The molecule has 1 aromatic carbocycles. The Hall–Kier alpha value is -1.30. The SMILES string of the molecule is C=C/C=c1/cc(C)ccc1=C. The Morgan fingerprint density at radius 3 is 2.73 bits per heavy atom. The van der Waals surface area contributed by atoms with E-state index in [0.29, 0.717) is 0 Å². The minimum Gasteiger partial charge on any atom is -0.0990 e. The molecule has 0 fully saturated rings. The topological polar surface area (TPSA) is 0 Å². The van der Waals surface area contributed by atoms with Crippen LogP contribution >= 0.6 is 0 Å². The molecule has 1 aromatic rings. The smallest absolute Gasteiger partial charge is 0.0188 e. The fourth-order valence-corrected chi connectivity index (χ4v) is 0.996. The van der Waals surface area contributed by atoms with Gasteiger partial charge in [-0.1, -0.05) is 49.1 Å². The van der Waals surface area contributed by atoms with Gasteiger partial charge in [0.1, 0.15) is 0 Å². The lowest BCUT2D eigenvalue weighted by Crippen LogP contribution is -2.22. The van der Waals surface area contributed by atoms with Crippen molar-refractivity contribution < 1.29 is 0 Å². The van der Waals surface area contributed by atoms with Crippen LogP contribution in [-0.2, 0) is 0 Å². The third-order valence-electron chi connectivity index (χ3n) is 1.60. The molecule has 0 heteroatoms. The van der Waals surface area contributed by atoms with Crippen molar-refractivity contribution in [2.75, 3.05) is 0 Å². The van der Waals surface area contributed by atoms with Gasteiger partial charge in [0.05, 0.1) is 0 Å². The van der Waals surface area contributed by atoms with Crippen LogP contribution in [0.25, 0.3) is 12.7 Å². The van der Waals surface area contributed by atoms with Crippen LogP contribution in [-0.4, -0.2) is 0 Å². The van der Waals surface area contributed by atoms with Gasteiger partial charge in [0, 0.05) is 0 Å². The highest BCUT2D eigenvalue weighted by Gasteiger charge is 1.82. The largest absolute Gasteiger partial charge is 0.0990 e. The van der Waals surface area contributed by atoms with E-state index in [0.717, 1.165) is 10.4 Å². The van der Waals surface area contributed by atoms with Crippen molar-refractivity contribution in [1.82, 2.24) is 0 Å². The van der Waals surface area contributed by atoms with Crippen LogP contribution in [0.4, 0.5) is 0 Å². The molecular formula is C11H12. The Morgan fingerprint density at radius 2 is 2.09 bits per heavy atom. The van der Waals surface area contributed by atoms with E-state index in [1.54, 1.807) is 6.08 Å². The number of rotatable bonds is 1. The van der Waals surface area contributed by atoms with E-state index in [1.807, 2.05) is 12.1 Å². The minimum atomic E-state index is 1.05. The molecule has 0 aliphatic carbocycles. The Labute approximate surface area is 67.2 Å². The second kappa shape index (κ2) is 3.20. The predicted molar refractivity (Wildman–Crippen MR) is 50.6 cm³/mol. The maximum Gasteiger partial charge on any atom is -0.0188 e. The van der Waals surface area contributed by atoms with E-state index in [1.165, 1.54) is 5.56 Å². The van der Waals surface area contributed by atoms with Crippen LogP contribution in [0.3, 0.4) is 0 Å². The summed E-state index contributed by atoms with van der Waals surface area (Å²) in [6.07, 6.45) is 3.75. The fourth-order valence-electron chi connectivity index (χ4n) is 0.996. The van der Waals surface area contributed by atoms with Crippen LogP contribution in [0.1, 0.15) is 5.56 Å². The van der Waals surface area contributed by atoms with Crippen LogP contribution in [0, 0.1) is 6.92 Å². The predicted octanol–water partition coefficient (Wildman–Crippen LogP) is 1.37. The van der Waals surface area contributed by atoms with Gasteiger partial charge < -0.3 is 0 Å². The number of hydrogen-bond donors (Lipinski definition) is 0. The van der Waals surface area contributed by atoms with Gasteiger partial charge in [-0.3, -0.25) is 0 Å². The van der Waals surface area contributed by atoms with Gasteiger partial charge in [-0.25, -0.2) is 0 Å². The van der Waals surface area contributed by atoms with Gasteiger partial charge in [0.25, 0.3) is 0 Å². The summed E-state index contributed by atoms with van der Waals surface area (Å²) >= 11 is 0. The van der Waals surface area contributed by atoms with Crippen molar-refractivity contribution in [3.05, 3.63) is 46.9 Å². The monoisotopic (exact) mass is 144 g/mol. The fraction of sp³-hybridized carbons (Fsp3) is 0.0909. The molecule has 0 atom stereocenters. The number of benzene rings is 1. The molecule has 0 heterocycles. The summed E-state index contributed by atoms with van der Waals surface area (Å²) in [5, 5.41) is 2.20. The second-order valence-corrected chi connectivity index (χ2v) is 2.60. The molecular weight excluding hydrogens is 132 g/mol. The quantitative estimate of drug-likeness (QED) is 0.558. The van der Waals surface area contributed by atoms with E-state index in [-0.39, 0.29) is 0 Å². The lowest BCUT2D eigenvalue weighted by Gasteiger charge is -1.90. The van der Waals surface area contributed by atoms with Gasteiger partial charge >= 0.3 is 0 Å². The molecule has 0 radical (unpaired) electrons. The van der Waals surface area contributed by atoms with Crippen molar-refractivity contribution in [2.45, 2.75) is 6.92 Å². The van der Waals surface area contributed by atoms with Crippen LogP contribution < -0.4 is 10.4 Å². The van der Waals surface area contributed by atoms with Crippen LogP contribution in [0.15, 0.2) is 30.9 Å². The first-order valence-electron chi connectivity index (χ1n) is 3.62. The molecule has 56 valence electrons. The first-order valence-corrected chi connectivity index (χ1v) is 3.62. The van der Waals surface area contributed by atoms with E-state index in [2.05, 4.69) is 32.2 Å². The van der Waals surface area contributed by atoms with Crippen molar-refractivity contribution in [3.8, 4) is 0 Å². The molecule has 0 aliphatic heterocycles. The lowest BCUT2D eigenvalue weighted by atomic mass is 10.2. The first kappa shape index (κ1) is 7.80. The Balaban J connectivity index is 3.47. The summed E-state index contributed by atoms with van der Waals surface area (Å²) in [6, 6.07) is 6.18. The minimum absolute atomic E-state index is 1.05. The number of aryl methyl sites for hydroxylation is 1. The molecule has 0 saturated heterocycles. The zero-order valence-electron chi connectivity index (χ0n) is 6.80. The summed E-state index contributed by atoms with van der Waals surface area (Å²) in [4.78, 5) is 0. The maximum absolute atomic E-state index is 3.90. The maximum atomic E-state index is 3.90. The summed E-state index contributed by atoms with van der Waals surface area (Å²) < 4.78 is 0. The van der Waals surface area contributed by atoms with E-state index >= 15 is 0 Å². The molecule has 0 amide bonds. The van der Waals surface area contributed by atoms with Crippen LogP contribution in [0.2, 0.25) is 0 Å². The molecule has 0 bridgehead atoms. The molecule has 0 aromatic heterocycles.